The van der Waals surface area contributed by atoms with E-state index < -0.39 is 6.09 Å². The largest absolute Gasteiger partial charge is 0.417 e. The molecule has 0 spiro atoms. The predicted octanol–water partition coefficient (Wildman–Crippen LogP) is 6.80. The Morgan fingerprint density at radius 3 is 2.46 bits per heavy atom. The van der Waals surface area contributed by atoms with Crippen LogP contribution < -0.4 is 10.1 Å². The summed E-state index contributed by atoms with van der Waals surface area (Å²) >= 11 is 18.4. The van der Waals surface area contributed by atoms with Gasteiger partial charge in [0.1, 0.15) is 11.6 Å². The van der Waals surface area contributed by atoms with Gasteiger partial charge in [-0.3, -0.25) is 5.32 Å². The highest BCUT2D eigenvalue weighted by molar-refractivity contribution is 6.39. The fourth-order valence-corrected chi connectivity index (χ4v) is 3.48. The number of H-pyrrole nitrogens is 1. The van der Waals surface area contributed by atoms with Crippen molar-refractivity contribution in [3.63, 3.8) is 0 Å². The van der Waals surface area contributed by atoms with Gasteiger partial charge in [-0.05, 0) is 42.5 Å². The van der Waals surface area contributed by atoms with Gasteiger partial charge in [-0.2, -0.15) is 0 Å². The number of nitrogens with zero attached hydrogens (tertiary/aromatic N) is 1. The van der Waals surface area contributed by atoms with Gasteiger partial charge in [-0.15, -0.1) is 0 Å². The van der Waals surface area contributed by atoms with E-state index in [0.717, 1.165) is 0 Å². The number of aromatic amines is 1. The molecular weight excluding hydrogens is 421 g/mol. The molecule has 1 amide bonds. The molecular formula is C20H12Cl3N3O2. The molecule has 8 heteroatoms. The van der Waals surface area contributed by atoms with Gasteiger partial charge in [0.25, 0.3) is 0 Å². The first-order chi connectivity index (χ1) is 13.5. The van der Waals surface area contributed by atoms with E-state index >= 15 is 0 Å². The lowest BCUT2D eigenvalue weighted by Crippen LogP contribution is -2.16. The molecule has 2 N–H and O–H groups in total. The Hall–Kier alpha value is -2.73. The predicted molar refractivity (Wildman–Crippen MR) is 113 cm³/mol. The Bertz CT molecular complexity index is 1170. The van der Waals surface area contributed by atoms with E-state index in [2.05, 4.69) is 15.3 Å². The van der Waals surface area contributed by atoms with Crippen molar-refractivity contribution in [1.82, 2.24) is 9.97 Å². The Kier molecular flexibility index (Phi) is 5.13. The molecule has 0 radical (unpaired) electrons. The zero-order valence-corrected chi connectivity index (χ0v) is 16.4. The summed E-state index contributed by atoms with van der Waals surface area (Å²) in [5.41, 5.74) is 2.52. The van der Waals surface area contributed by atoms with Gasteiger partial charge < -0.3 is 9.72 Å². The molecule has 1 heterocycles. The fourth-order valence-electron chi connectivity index (χ4n) is 2.71. The minimum Gasteiger partial charge on any atom is -0.410 e. The molecule has 0 aliphatic rings. The maximum absolute atomic E-state index is 12.1. The van der Waals surface area contributed by atoms with Crippen LogP contribution in [0.15, 0.2) is 60.7 Å². The number of nitrogens with one attached hydrogen (secondary N) is 2. The number of hydrogen-bond acceptors (Lipinski definition) is 3. The topological polar surface area (TPSA) is 67.0 Å². The van der Waals surface area contributed by atoms with E-state index in [0.29, 0.717) is 48.9 Å². The third-order valence-electron chi connectivity index (χ3n) is 3.93. The summed E-state index contributed by atoms with van der Waals surface area (Å²) in [7, 11) is 0. The normalized spacial score (nSPS) is 10.8. The fraction of sp³-hybridized carbons (Fsp3) is 0. The summed E-state index contributed by atoms with van der Waals surface area (Å²) in [4.78, 5) is 19.8. The lowest BCUT2D eigenvalue weighted by atomic mass is 10.2. The summed E-state index contributed by atoms with van der Waals surface area (Å²) < 4.78 is 5.34. The van der Waals surface area contributed by atoms with Crippen LogP contribution in [0.5, 0.6) is 5.75 Å². The molecule has 0 bridgehead atoms. The smallest absolute Gasteiger partial charge is 0.410 e. The summed E-state index contributed by atoms with van der Waals surface area (Å²) in [6.07, 6.45) is -0.629. The molecule has 4 aromatic rings. The van der Waals surface area contributed by atoms with Crippen LogP contribution in [0.2, 0.25) is 15.1 Å². The summed E-state index contributed by atoms with van der Waals surface area (Å²) in [5, 5.41) is 4.11. The molecule has 140 valence electrons. The van der Waals surface area contributed by atoms with E-state index in [9.17, 15) is 4.79 Å². The number of fused-ring (bicyclic) bond motifs is 1. The van der Waals surface area contributed by atoms with Crippen molar-refractivity contribution >= 4 is 57.6 Å². The molecule has 3 aromatic carbocycles. The number of aromatic nitrogens is 2. The van der Waals surface area contributed by atoms with Crippen molar-refractivity contribution in [2.45, 2.75) is 0 Å². The zero-order valence-electron chi connectivity index (χ0n) is 14.2. The summed E-state index contributed by atoms with van der Waals surface area (Å²) in [6.45, 7) is 0. The highest BCUT2D eigenvalue weighted by atomic mass is 35.5. The number of carbonyl (C=O) groups excluding carboxylic acids is 1. The van der Waals surface area contributed by atoms with E-state index in [1.54, 1.807) is 60.7 Å². The van der Waals surface area contributed by atoms with Crippen LogP contribution in [0.3, 0.4) is 0 Å². The van der Waals surface area contributed by atoms with Gasteiger partial charge in [0.15, 0.2) is 0 Å². The second kappa shape index (κ2) is 7.72. The quantitative estimate of drug-likeness (QED) is 0.374. The molecule has 0 aliphatic carbocycles. The van der Waals surface area contributed by atoms with Crippen LogP contribution in [0.25, 0.3) is 22.4 Å². The van der Waals surface area contributed by atoms with Crippen LogP contribution in [-0.4, -0.2) is 16.1 Å². The second-order valence-electron chi connectivity index (χ2n) is 5.89. The lowest BCUT2D eigenvalue weighted by molar-refractivity contribution is 0.215. The number of amides is 1. The van der Waals surface area contributed by atoms with E-state index in [1.807, 2.05) is 0 Å². The van der Waals surface area contributed by atoms with Gasteiger partial charge in [0.05, 0.1) is 26.6 Å². The Balaban J connectivity index is 1.57. The number of imidazole rings is 1. The minimum absolute atomic E-state index is 0.354. The van der Waals surface area contributed by atoms with Gasteiger partial charge in [0, 0.05) is 16.8 Å². The van der Waals surface area contributed by atoms with Crippen molar-refractivity contribution in [1.29, 1.82) is 0 Å². The third-order valence-corrected chi connectivity index (χ3v) is 4.80. The maximum Gasteiger partial charge on any atom is 0.417 e. The number of rotatable bonds is 3. The Morgan fingerprint density at radius 2 is 1.71 bits per heavy atom. The number of carbonyl (C=O) groups is 1. The molecule has 0 saturated heterocycles. The summed E-state index contributed by atoms with van der Waals surface area (Å²) in [5.74, 6) is 0.888. The number of benzene rings is 3. The first-order valence-corrected chi connectivity index (χ1v) is 9.31. The molecule has 0 saturated carbocycles. The molecule has 5 nitrogen and oxygen atoms in total. The van der Waals surface area contributed by atoms with Crippen molar-refractivity contribution in [3.05, 3.63) is 75.7 Å². The number of halogens is 3. The monoisotopic (exact) mass is 431 g/mol. The van der Waals surface area contributed by atoms with E-state index in [-0.39, 0.29) is 0 Å². The van der Waals surface area contributed by atoms with Gasteiger partial charge >= 0.3 is 6.09 Å². The first kappa shape index (κ1) is 18.6. The minimum atomic E-state index is -0.629. The van der Waals surface area contributed by atoms with Crippen LogP contribution >= 0.6 is 34.8 Å². The SMILES string of the molecule is O=C(Nc1cccc(Cl)c1)Oc1ccc2nc(-c3c(Cl)cccc3Cl)[nH]c2c1. The third kappa shape index (κ3) is 3.92. The summed E-state index contributed by atoms with van der Waals surface area (Å²) in [6, 6.07) is 17.1. The highest BCUT2D eigenvalue weighted by Crippen LogP contribution is 2.34. The second-order valence-corrected chi connectivity index (χ2v) is 7.14. The van der Waals surface area contributed by atoms with Crippen LogP contribution in [0.1, 0.15) is 0 Å². The molecule has 28 heavy (non-hydrogen) atoms. The Labute approximate surface area is 175 Å². The van der Waals surface area contributed by atoms with Gasteiger partial charge in [0.2, 0.25) is 0 Å². The van der Waals surface area contributed by atoms with Gasteiger partial charge in [-0.25, -0.2) is 9.78 Å². The molecule has 0 atom stereocenters. The van der Waals surface area contributed by atoms with Crippen LogP contribution in [0, 0.1) is 0 Å². The van der Waals surface area contributed by atoms with Gasteiger partial charge in [-0.1, -0.05) is 46.9 Å². The molecule has 0 unspecified atom stereocenters. The maximum atomic E-state index is 12.1. The van der Waals surface area contributed by atoms with Crippen molar-refractivity contribution in [3.8, 4) is 17.1 Å². The zero-order chi connectivity index (χ0) is 19.7. The molecule has 1 aromatic heterocycles. The standard InChI is InChI=1S/C20H12Cl3N3O2/c21-11-3-1-4-12(9-11)24-20(27)28-13-7-8-16-17(10-13)26-19(25-16)18-14(22)5-2-6-15(18)23/h1-10H,(H,24,27)(H,25,26). The highest BCUT2D eigenvalue weighted by Gasteiger charge is 2.14. The molecule has 0 fully saturated rings. The number of anilines is 1. The molecule has 4 rings (SSSR count). The van der Waals surface area contributed by atoms with E-state index in [4.69, 9.17) is 39.5 Å². The van der Waals surface area contributed by atoms with E-state index in [1.165, 1.54) is 0 Å². The average molecular weight is 433 g/mol. The number of ether oxygens (including phenoxy) is 1. The number of hydrogen-bond donors (Lipinski definition) is 2. The van der Waals surface area contributed by atoms with Crippen molar-refractivity contribution < 1.29 is 9.53 Å². The van der Waals surface area contributed by atoms with Crippen LogP contribution in [-0.2, 0) is 0 Å². The average Bonchev–Trinajstić information content (AvgIpc) is 3.04. The molecule has 0 aliphatic heterocycles. The van der Waals surface area contributed by atoms with Crippen molar-refractivity contribution in [2.75, 3.05) is 5.32 Å². The first-order valence-electron chi connectivity index (χ1n) is 8.18. The van der Waals surface area contributed by atoms with Crippen molar-refractivity contribution in [2.24, 2.45) is 0 Å². The van der Waals surface area contributed by atoms with Crippen LogP contribution in [0.4, 0.5) is 10.5 Å². The lowest BCUT2D eigenvalue weighted by Gasteiger charge is -2.06. The Morgan fingerprint density at radius 1 is 0.964 bits per heavy atom.